The fraction of sp³-hybridized carbons (Fsp3) is 0.667. The van der Waals surface area contributed by atoms with Gasteiger partial charge in [0.15, 0.2) is 0 Å². The van der Waals surface area contributed by atoms with Gasteiger partial charge in [0.1, 0.15) is 0 Å². The van der Waals surface area contributed by atoms with E-state index in [-0.39, 0.29) is 0 Å². The zero-order valence-corrected chi connectivity index (χ0v) is 13.4. The van der Waals surface area contributed by atoms with Crippen LogP contribution in [0.15, 0.2) is 24.3 Å². The second kappa shape index (κ2) is 7.80. The van der Waals surface area contributed by atoms with Crippen LogP contribution in [0.3, 0.4) is 0 Å². The molecule has 112 valence electrons. The van der Waals surface area contributed by atoms with Crippen LogP contribution < -0.4 is 5.32 Å². The SMILES string of the molecule is CCCNC1CCN(CCc2cccc(C)c2)C(C)C1. The van der Waals surface area contributed by atoms with Crippen LogP contribution in [0.25, 0.3) is 0 Å². The van der Waals surface area contributed by atoms with Gasteiger partial charge in [0, 0.05) is 18.6 Å². The summed E-state index contributed by atoms with van der Waals surface area (Å²) in [6.45, 7) is 10.4. The Kier molecular flexibility index (Phi) is 6.06. The summed E-state index contributed by atoms with van der Waals surface area (Å²) >= 11 is 0. The van der Waals surface area contributed by atoms with Gasteiger partial charge in [-0.3, -0.25) is 0 Å². The minimum Gasteiger partial charge on any atom is -0.314 e. The summed E-state index contributed by atoms with van der Waals surface area (Å²) in [5.74, 6) is 0. The van der Waals surface area contributed by atoms with E-state index in [1.165, 1.54) is 56.4 Å². The van der Waals surface area contributed by atoms with Crippen molar-refractivity contribution in [3.8, 4) is 0 Å². The molecule has 1 aromatic carbocycles. The number of hydrogen-bond donors (Lipinski definition) is 1. The molecule has 1 saturated heterocycles. The molecule has 1 aromatic rings. The smallest absolute Gasteiger partial charge is 0.00940 e. The van der Waals surface area contributed by atoms with Crippen LogP contribution in [0.5, 0.6) is 0 Å². The van der Waals surface area contributed by atoms with Gasteiger partial charge in [-0.05, 0) is 58.2 Å². The second-order valence-corrected chi connectivity index (χ2v) is 6.30. The highest BCUT2D eigenvalue weighted by atomic mass is 15.2. The third-order valence-electron chi connectivity index (χ3n) is 4.47. The van der Waals surface area contributed by atoms with E-state index in [0.717, 1.165) is 6.04 Å². The molecule has 2 nitrogen and oxygen atoms in total. The fourth-order valence-corrected chi connectivity index (χ4v) is 3.23. The number of piperidine rings is 1. The highest BCUT2D eigenvalue weighted by Gasteiger charge is 2.24. The number of benzene rings is 1. The van der Waals surface area contributed by atoms with Gasteiger partial charge < -0.3 is 10.2 Å². The first-order valence-electron chi connectivity index (χ1n) is 8.22. The Morgan fingerprint density at radius 3 is 2.90 bits per heavy atom. The van der Waals surface area contributed by atoms with Crippen LogP contribution in [-0.2, 0) is 6.42 Å². The summed E-state index contributed by atoms with van der Waals surface area (Å²) in [5.41, 5.74) is 2.85. The van der Waals surface area contributed by atoms with Gasteiger partial charge in [-0.1, -0.05) is 36.8 Å². The van der Waals surface area contributed by atoms with Crippen LogP contribution in [0.4, 0.5) is 0 Å². The maximum atomic E-state index is 3.68. The van der Waals surface area contributed by atoms with E-state index in [1.807, 2.05) is 0 Å². The van der Waals surface area contributed by atoms with Crippen molar-refractivity contribution in [3.63, 3.8) is 0 Å². The molecule has 1 aliphatic rings. The Balaban J connectivity index is 1.77. The van der Waals surface area contributed by atoms with Crippen LogP contribution in [0.2, 0.25) is 0 Å². The number of aryl methyl sites for hydroxylation is 1. The molecule has 20 heavy (non-hydrogen) atoms. The summed E-state index contributed by atoms with van der Waals surface area (Å²) in [6, 6.07) is 10.4. The lowest BCUT2D eigenvalue weighted by Crippen LogP contribution is -2.48. The highest BCUT2D eigenvalue weighted by molar-refractivity contribution is 5.22. The third-order valence-corrected chi connectivity index (χ3v) is 4.47. The van der Waals surface area contributed by atoms with Crippen molar-refractivity contribution in [2.75, 3.05) is 19.6 Å². The molecule has 0 bridgehead atoms. The first kappa shape index (κ1) is 15.5. The van der Waals surface area contributed by atoms with E-state index in [2.05, 4.69) is 55.3 Å². The van der Waals surface area contributed by atoms with Crippen molar-refractivity contribution in [3.05, 3.63) is 35.4 Å². The van der Waals surface area contributed by atoms with E-state index in [0.29, 0.717) is 6.04 Å². The van der Waals surface area contributed by atoms with Crippen LogP contribution in [0.1, 0.15) is 44.2 Å². The molecular weight excluding hydrogens is 244 g/mol. The summed E-state index contributed by atoms with van der Waals surface area (Å²) in [5, 5.41) is 3.68. The minimum absolute atomic E-state index is 0.711. The predicted octanol–water partition coefficient (Wildman–Crippen LogP) is 3.39. The Morgan fingerprint density at radius 1 is 1.35 bits per heavy atom. The summed E-state index contributed by atoms with van der Waals surface area (Å²) < 4.78 is 0. The van der Waals surface area contributed by atoms with Gasteiger partial charge in [-0.25, -0.2) is 0 Å². The average Bonchev–Trinajstić information content (AvgIpc) is 2.44. The fourth-order valence-electron chi connectivity index (χ4n) is 3.23. The number of nitrogens with zero attached hydrogens (tertiary/aromatic N) is 1. The number of likely N-dealkylation sites (tertiary alicyclic amines) is 1. The molecule has 2 heteroatoms. The maximum absolute atomic E-state index is 3.68. The van der Waals surface area contributed by atoms with Gasteiger partial charge in [-0.15, -0.1) is 0 Å². The Morgan fingerprint density at radius 2 is 2.20 bits per heavy atom. The number of nitrogens with one attached hydrogen (secondary N) is 1. The molecule has 1 aliphatic heterocycles. The topological polar surface area (TPSA) is 15.3 Å². The molecular formula is C18H30N2. The summed E-state index contributed by atoms with van der Waals surface area (Å²) in [4.78, 5) is 2.66. The first-order chi connectivity index (χ1) is 9.69. The van der Waals surface area contributed by atoms with E-state index in [9.17, 15) is 0 Å². The van der Waals surface area contributed by atoms with Crippen molar-refractivity contribution < 1.29 is 0 Å². The van der Waals surface area contributed by atoms with Crippen molar-refractivity contribution in [2.24, 2.45) is 0 Å². The normalized spacial score (nSPS) is 23.9. The lowest BCUT2D eigenvalue weighted by Gasteiger charge is -2.38. The van der Waals surface area contributed by atoms with E-state index in [1.54, 1.807) is 0 Å². The maximum Gasteiger partial charge on any atom is 0.00940 e. The summed E-state index contributed by atoms with van der Waals surface area (Å²) in [7, 11) is 0. The third kappa shape index (κ3) is 4.60. The molecule has 0 aromatic heterocycles. The highest BCUT2D eigenvalue weighted by Crippen LogP contribution is 2.18. The van der Waals surface area contributed by atoms with Gasteiger partial charge in [-0.2, -0.15) is 0 Å². The molecule has 0 radical (unpaired) electrons. The van der Waals surface area contributed by atoms with Crippen LogP contribution in [-0.4, -0.2) is 36.6 Å². The van der Waals surface area contributed by atoms with Crippen LogP contribution >= 0.6 is 0 Å². The minimum atomic E-state index is 0.711. The molecule has 0 amide bonds. The quantitative estimate of drug-likeness (QED) is 0.855. The van der Waals surface area contributed by atoms with Gasteiger partial charge in [0.2, 0.25) is 0 Å². The van der Waals surface area contributed by atoms with E-state index < -0.39 is 0 Å². The largest absolute Gasteiger partial charge is 0.314 e. The molecule has 0 aliphatic carbocycles. The monoisotopic (exact) mass is 274 g/mol. The standard InChI is InChI=1S/C18H30N2/c1-4-10-19-18-9-12-20(16(3)14-18)11-8-17-7-5-6-15(2)13-17/h5-7,13,16,18-19H,4,8-12,14H2,1-3H3. The second-order valence-electron chi connectivity index (χ2n) is 6.30. The van der Waals surface area contributed by atoms with E-state index >= 15 is 0 Å². The van der Waals surface area contributed by atoms with Crippen LogP contribution in [0, 0.1) is 6.92 Å². The molecule has 1 N–H and O–H groups in total. The van der Waals surface area contributed by atoms with Crippen molar-refractivity contribution in [1.29, 1.82) is 0 Å². The molecule has 1 fully saturated rings. The van der Waals surface area contributed by atoms with Gasteiger partial charge in [0.05, 0.1) is 0 Å². The Hall–Kier alpha value is -0.860. The van der Waals surface area contributed by atoms with Gasteiger partial charge in [0.25, 0.3) is 0 Å². The Labute approximate surface area is 124 Å². The lowest BCUT2D eigenvalue weighted by atomic mass is 9.97. The zero-order chi connectivity index (χ0) is 14.4. The molecule has 0 saturated carbocycles. The van der Waals surface area contributed by atoms with Crippen molar-refractivity contribution >= 4 is 0 Å². The lowest BCUT2D eigenvalue weighted by molar-refractivity contribution is 0.138. The molecule has 2 unspecified atom stereocenters. The molecule has 1 heterocycles. The summed E-state index contributed by atoms with van der Waals surface area (Å²) in [6.07, 6.45) is 5.02. The van der Waals surface area contributed by atoms with E-state index in [4.69, 9.17) is 0 Å². The average molecular weight is 274 g/mol. The molecule has 2 atom stereocenters. The zero-order valence-electron chi connectivity index (χ0n) is 13.4. The molecule has 0 spiro atoms. The van der Waals surface area contributed by atoms with Crippen molar-refractivity contribution in [2.45, 2.75) is 58.5 Å². The van der Waals surface area contributed by atoms with Gasteiger partial charge >= 0.3 is 0 Å². The predicted molar refractivity (Wildman–Crippen MR) is 87.2 cm³/mol. The first-order valence-corrected chi connectivity index (χ1v) is 8.22. The number of rotatable bonds is 6. The molecule has 2 rings (SSSR count). The number of hydrogen-bond acceptors (Lipinski definition) is 2. The van der Waals surface area contributed by atoms with Crippen molar-refractivity contribution in [1.82, 2.24) is 10.2 Å². The Bertz CT molecular complexity index is 402.